The van der Waals surface area contributed by atoms with Gasteiger partial charge in [-0.15, -0.1) is 0 Å². The van der Waals surface area contributed by atoms with Crippen LogP contribution in [0.3, 0.4) is 0 Å². The topological polar surface area (TPSA) is 23.5 Å². The summed E-state index contributed by atoms with van der Waals surface area (Å²) in [5.74, 6) is 0.554. The molecule has 1 aliphatic rings. The molecule has 1 N–H and O–H groups in total. The lowest BCUT2D eigenvalue weighted by Crippen LogP contribution is -2.41. The highest BCUT2D eigenvalue weighted by molar-refractivity contribution is 5.45. The Morgan fingerprint density at radius 1 is 1.37 bits per heavy atom. The Morgan fingerprint density at radius 3 is 2.63 bits per heavy atom. The van der Waals surface area contributed by atoms with Crippen molar-refractivity contribution in [2.45, 2.75) is 32.6 Å². The monoisotopic (exact) mass is 265 g/mol. The number of hydrogen-bond acceptors (Lipinski definition) is 2. The van der Waals surface area contributed by atoms with Crippen molar-refractivity contribution < 1.29 is 9.50 Å². The Balaban J connectivity index is 2.06. The molecule has 106 valence electrons. The van der Waals surface area contributed by atoms with Crippen LogP contribution < -0.4 is 4.90 Å². The number of nitrogens with zero attached hydrogens (tertiary/aromatic N) is 1. The van der Waals surface area contributed by atoms with Crippen molar-refractivity contribution in [2.24, 2.45) is 11.3 Å². The first-order valence-corrected chi connectivity index (χ1v) is 7.12. The quantitative estimate of drug-likeness (QED) is 0.901. The normalized spacial score (nSPS) is 27.3. The van der Waals surface area contributed by atoms with Crippen LogP contribution >= 0.6 is 0 Å². The molecule has 1 saturated carbocycles. The van der Waals surface area contributed by atoms with Gasteiger partial charge in [0, 0.05) is 24.7 Å². The van der Waals surface area contributed by atoms with E-state index in [9.17, 15) is 9.50 Å². The maximum atomic E-state index is 13.3. The molecule has 0 amide bonds. The first-order valence-electron chi connectivity index (χ1n) is 7.12. The summed E-state index contributed by atoms with van der Waals surface area (Å²) in [7, 11) is 1.98. The Morgan fingerprint density at radius 2 is 2.05 bits per heavy atom. The minimum Gasteiger partial charge on any atom is -0.396 e. The highest BCUT2D eigenvalue weighted by Gasteiger charge is 2.34. The van der Waals surface area contributed by atoms with E-state index in [0.29, 0.717) is 0 Å². The molecule has 0 saturated heterocycles. The molecule has 0 atom stereocenters. The second-order valence-electron chi connectivity index (χ2n) is 6.18. The Kier molecular flexibility index (Phi) is 4.46. The van der Waals surface area contributed by atoms with Gasteiger partial charge in [-0.25, -0.2) is 4.39 Å². The van der Waals surface area contributed by atoms with E-state index in [1.807, 2.05) is 13.1 Å². The molecule has 0 radical (unpaired) electrons. The molecule has 0 aromatic heterocycles. The fourth-order valence-corrected chi connectivity index (χ4v) is 3.05. The van der Waals surface area contributed by atoms with Crippen molar-refractivity contribution in [3.8, 4) is 0 Å². The molecule has 3 heteroatoms. The SMILES string of the molecule is CC1CCC(CO)(CN(C)c2cccc(F)c2)CC1. The molecule has 0 heterocycles. The van der Waals surface area contributed by atoms with Gasteiger partial charge in [-0.2, -0.15) is 0 Å². The summed E-state index contributed by atoms with van der Waals surface area (Å²) in [5.41, 5.74) is 0.861. The largest absolute Gasteiger partial charge is 0.396 e. The van der Waals surface area contributed by atoms with Crippen molar-refractivity contribution >= 4 is 5.69 Å². The van der Waals surface area contributed by atoms with Gasteiger partial charge in [-0.3, -0.25) is 0 Å². The molecule has 0 bridgehead atoms. The van der Waals surface area contributed by atoms with Gasteiger partial charge in [0.2, 0.25) is 0 Å². The van der Waals surface area contributed by atoms with Gasteiger partial charge in [-0.05, 0) is 37.0 Å². The van der Waals surface area contributed by atoms with Gasteiger partial charge in [0.15, 0.2) is 0 Å². The minimum atomic E-state index is -0.209. The summed E-state index contributed by atoms with van der Waals surface area (Å²) in [6.45, 7) is 3.29. The fraction of sp³-hybridized carbons (Fsp3) is 0.625. The van der Waals surface area contributed by atoms with Crippen molar-refractivity contribution in [3.63, 3.8) is 0 Å². The number of halogens is 1. The molecule has 1 fully saturated rings. The molecule has 2 nitrogen and oxygen atoms in total. The van der Waals surface area contributed by atoms with Gasteiger partial charge in [0.1, 0.15) is 5.82 Å². The Labute approximate surface area is 115 Å². The predicted molar refractivity (Wildman–Crippen MR) is 76.8 cm³/mol. The molecule has 19 heavy (non-hydrogen) atoms. The molecule has 1 aromatic carbocycles. The third kappa shape index (κ3) is 3.47. The van der Waals surface area contributed by atoms with Crippen LogP contribution in [0.5, 0.6) is 0 Å². The summed E-state index contributed by atoms with van der Waals surface area (Å²) in [5, 5.41) is 9.78. The Hall–Kier alpha value is -1.09. The molecule has 2 rings (SSSR count). The summed E-state index contributed by atoms with van der Waals surface area (Å²) >= 11 is 0. The lowest BCUT2D eigenvalue weighted by atomic mass is 9.71. The third-order valence-corrected chi connectivity index (χ3v) is 4.49. The zero-order valence-electron chi connectivity index (χ0n) is 11.9. The van der Waals surface area contributed by atoms with Crippen LogP contribution in [0, 0.1) is 17.2 Å². The number of anilines is 1. The van der Waals surface area contributed by atoms with Gasteiger partial charge in [0.25, 0.3) is 0 Å². The van der Waals surface area contributed by atoms with E-state index in [1.165, 1.54) is 18.9 Å². The van der Waals surface area contributed by atoms with Crippen LogP contribution in [0.4, 0.5) is 10.1 Å². The highest BCUT2D eigenvalue weighted by atomic mass is 19.1. The maximum absolute atomic E-state index is 13.3. The van der Waals surface area contributed by atoms with Crippen molar-refractivity contribution in [1.82, 2.24) is 0 Å². The second-order valence-corrected chi connectivity index (χ2v) is 6.18. The van der Waals surface area contributed by atoms with Gasteiger partial charge < -0.3 is 10.0 Å². The Bertz CT molecular complexity index is 413. The number of benzene rings is 1. The maximum Gasteiger partial charge on any atom is 0.125 e. The fourth-order valence-electron chi connectivity index (χ4n) is 3.05. The summed E-state index contributed by atoms with van der Waals surface area (Å²) in [6, 6.07) is 6.66. The van der Waals surface area contributed by atoms with Crippen LogP contribution in [0.15, 0.2) is 24.3 Å². The average Bonchev–Trinajstić information content (AvgIpc) is 2.42. The van der Waals surface area contributed by atoms with Gasteiger partial charge in [-0.1, -0.05) is 25.8 Å². The first-order chi connectivity index (χ1) is 9.04. The lowest BCUT2D eigenvalue weighted by molar-refractivity contribution is 0.0740. The van der Waals surface area contributed by atoms with E-state index in [-0.39, 0.29) is 17.8 Å². The molecule has 0 unspecified atom stereocenters. The zero-order chi connectivity index (χ0) is 13.9. The minimum absolute atomic E-state index is 0.0203. The summed E-state index contributed by atoms with van der Waals surface area (Å²) in [4.78, 5) is 2.06. The summed E-state index contributed by atoms with van der Waals surface area (Å²) < 4.78 is 13.3. The third-order valence-electron chi connectivity index (χ3n) is 4.49. The first kappa shape index (κ1) is 14.3. The predicted octanol–water partition coefficient (Wildman–Crippen LogP) is 3.45. The molecular weight excluding hydrogens is 241 g/mol. The van der Waals surface area contributed by atoms with Crippen LogP contribution in [-0.2, 0) is 0 Å². The van der Waals surface area contributed by atoms with Crippen LogP contribution in [0.2, 0.25) is 0 Å². The van der Waals surface area contributed by atoms with Crippen molar-refractivity contribution in [1.29, 1.82) is 0 Å². The number of rotatable bonds is 4. The van der Waals surface area contributed by atoms with Crippen molar-refractivity contribution in [2.75, 3.05) is 25.1 Å². The van der Waals surface area contributed by atoms with E-state index in [4.69, 9.17) is 0 Å². The van der Waals surface area contributed by atoms with Gasteiger partial charge in [0.05, 0.1) is 6.61 Å². The van der Waals surface area contributed by atoms with E-state index in [2.05, 4.69) is 11.8 Å². The number of aliphatic hydroxyl groups excluding tert-OH is 1. The molecule has 1 aliphatic carbocycles. The summed E-state index contributed by atoms with van der Waals surface area (Å²) in [6.07, 6.45) is 4.48. The van der Waals surface area contributed by atoms with E-state index in [0.717, 1.165) is 31.0 Å². The number of aliphatic hydroxyl groups is 1. The van der Waals surface area contributed by atoms with E-state index in [1.54, 1.807) is 12.1 Å². The van der Waals surface area contributed by atoms with E-state index >= 15 is 0 Å². The van der Waals surface area contributed by atoms with Crippen LogP contribution in [0.25, 0.3) is 0 Å². The smallest absolute Gasteiger partial charge is 0.125 e. The molecular formula is C16H24FNO. The molecule has 0 spiro atoms. The van der Waals surface area contributed by atoms with Crippen LogP contribution in [0.1, 0.15) is 32.6 Å². The highest BCUT2D eigenvalue weighted by Crippen LogP contribution is 2.39. The average molecular weight is 265 g/mol. The van der Waals surface area contributed by atoms with Gasteiger partial charge >= 0.3 is 0 Å². The zero-order valence-corrected chi connectivity index (χ0v) is 11.9. The number of hydrogen-bond donors (Lipinski definition) is 1. The molecule has 0 aliphatic heterocycles. The van der Waals surface area contributed by atoms with Crippen LogP contribution in [-0.4, -0.2) is 25.3 Å². The second kappa shape index (κ2) is 5.91. The van der Waals surface area contributed by atoms with Crippen molar-refractivity contribution in [3.05, 3.63) is 30.1 Å². The molecule has 1 aromatic rings. The lowest BCUT2D eigenvalue weighted by Gasteiger charge is -2.41. The van der Waals surface area contributed by atoms with E-state index < -0.39 is 0 Å². The standard InChI is InChI=1S/C16H24FNO/c1-13-6-8-16(12-19,9-7-13)11-18(2)15-5-3-4-14(17)10-15/h3-5,10,13,19H,6-9,11-12H2,1-2H3.